The molecule has 11 heteroatoms. The predicted molar refractivity (Wildman–Crippen MR) is 125 cm³/mol. The maximum absolute atomic E-state index is 14.5. The Bertz CT molecular complexity index is 1310. The van der Waals surface area contributed by atoms with Crippen LogP contribution in [0.25, 0.3) is 21.2 Å². The zero-order valence-electron chi connectivity index (χ0n) is 18.2. The van der Waals surface area contributed by atoms with Gasteiger partial charge in [0.05, 0.1) is 10.4 Å². The molecule has 0 amide bonds. The lowest BCUT2D eigenvalue weighted by Crippen LogP contribution is -2.31. The number of hydrogen-bond donors (Lipinski definition) is 3. The average molecular weight is 509 g/mol. The number of aliphatic hydroxyl groups excluding tert-OH is 1. The number of halogens is 5. The van der Waals surface area contributed by atoms with Crippen molar-refractivity contribution in [2.24, 2.45) is 5.73 Å². The number of rotatable bonds is 8. The number of pyridine rings is 1. The second-order valence-corrected chi connectivity index (χ2v) is 9.04. The number of nitrogens with two attached hydrogens (primary N) is 1. The minimum Gasteiger partial charge on any atom is -0.390 e. The molecule has 0 radical (unpaired) electrons. The van der Waals surface area contributed by atoms with Crippen LogP contribution in [0, 0.1) is 0 Å². The van der Waals surface area contributed by atoms with E-state index in [1.165, 1.54) is 12.1 Å². The fourth-order valence-corrected chi connectivity index (χ4v) is 4.58. The van der Waals surface area contributed by atoms with Crippen molar-refractivity contribution in [3.8, 4) is 10.4 Å². The van der Waals surface area contributed by atoms with E-state index >= 15 is 0 Å². The fourth-order valence-electron chi connectivity index (χ4n) is 3.56. The van der Waals surface area contributed by atoms with E-state index in [-0.39, 0.29) is 23.0 Å². The molecule has 0 aliphatic rings. The van der Waals surface area contributed by atoms with Gasteiger partial charge in [-0.1, -0.05) is 35.6 Å². The summed E-state index contributed by atoms with van der Waals surface area (Å²) < 4.78 is 67.2. The molecule has 0 saturated carbocycles. The maximum Gasteiger partial charge on any atom is 0.416 e. The molecule has 2 aromatic carbocycles. The molecule has 0 spiro atoms. The van der Waals surface area contributed by atoms with Crippen LogP contribution in [0.15, 0.2) is 60.9 Å². The third-order valence-electron chi connectivity index (χ3n) is 5.37. The van der Waals surface area contributed by atoms with Crippen LogP contribution in [0.5, 0.6) is 0 Å². The summed E-state index contributed by atoms with van der Waals surface area (Å²) in [5, 5.41) is 14.1. The molecule has 4 N–H and O–H groups in total. The number of benzene rings is 2. The Morgan fingerprint density at radius 2 is 1.74 bits per heavy atom. The molecule has 0 aliphatic carbocycles. The van der Waals surface area contributed by atoms with Gasteiger partial charge in [-0.25, -0.2) is 4.98 Å². The molecule has 0 fully saturated rings. The molecule has 4 aromatic rings. The Kier molecular flexibility index (Phi) is 7.02. The molecule has 0 unspecified atom stereocenters. The standard InChI is InChI=1S/C24H21F5N4OS/c25-23(26,13-34)21-20(16-3-4-17-11-31-8-7-15(17)10-16)35-22(33-21)32-12-19(30)9-14-1-5-18(6-2-14)24(27,28)29/h1-8,10-11,19,34H,9,12-13,30H2,(H,32,33)/t19-/m0/s1. The molecule has 5 nitrogen and oxygen atoms in total. The lowest BCUT2D eigenvalue weighted by molar-refractivity contribution is -0.137. The van der Waals surface area contributed by atoms with Gasteiger partial charge in [-0.05, 0) is 47.2 Å². The summed E-state index contributed by atoms with van der Waals surface area (Å²) in [7, 11) is 0. The summed E-state index contributed by atoms with van der Waals surface area (Å²) in [6, 6.07) is 11.2. The van der Waals surface area contributed by atoms with Crippen LogP contribution < -0.4 is 11.1 Å². The zero-order chi connectivity index (χ0) is 25.2. The zero-order valence-corrected chi connectivity index (χ0v) is 19.0. The van der Waals surface area contributed by atoms with Gasteiger partial charge in [0.2, 0.25) is 0 Å². The number of aromatic nitrogens is 2. The van der Waals surface area contributed by atoms with Crippen molar-refractivity contribution in [3.05, 3.63) is 77.7 Å². The highest BCUT2D eigenvalue weighted by Crippen LogP contribution is 2.41. The van der Waals surface area contributed by atoms with E-state index in [1.54, 1.807) is 36.7 Å². The smallest absolute Gasteiger partial charge is 0.390 e. The van der Waals surface area contributed by atoms with Crippen molar-refractivity contribution < 1.29 is 27.1 Å². The molecular formula is C24H21F5N4OS. The number of thiazole rings is 1. The van der Waals surface area contributed by atoms with Crippen LogP contribution in [0.1, 0.15) is 16.8 Å². The first-order valence-electron chi connectivity index (χ1n) is 10.6. The lowest BCUT2D eigenvalue weighted by Gasteiger charge is -2.13. The van der Waals surface area contributed by atoms with E-state index in [1.807, 2.05) is 0 Å². The van der Waals surface area contributed by atoms with Gasteiger partial charge in [0.15, 0.2) is 5.13 Å². The molecule has 35 heavy (non-hydrogen) atoms. The monoisotopic (exact) mass is 508 g/mol. The van der Waals surface area contributed by atoms with Gasteiger partial charge in [-0.15, -0.1) is 0 Å². The van der Waals surface area contributed by atoms with E-state index in [0.717, 1.165) is 34.2 Å². The number of alkyl halides is 5. The molecule has 4 rings (SSSR count). The largest absolute Gasteiger partial charge is 0.416 e. The first-order valence-corrected chi connectivity index (χ1v) is 11.4. The Morgan fingerprint density at radius 1 is 1.00 bits per heavy atom. The first kappa shape index (κ1) is 25.0. The summed E-state index contributed by atoms with van der Waals surface area (Å²) in [6.07, 6.45) is -0.865. The second-order valence-electron chi connectivity index (χ2n) is 8.04. The van der Waals surface area contributed by atoms with Crippen molar-refractivity contribution in [2.45, 2.75) is 24.6 Å². The Balaban J connectivity index is 1.52. The normalized spacial score (nSPS) is 13.2. The van der Waals surface area contributed by atoms with E-state index in [4.69, 9.17) is 5.73 Å². The van der Waals surface area contributed by atoms with Crippen LogP contribution in [0.3, 0.4) is 0 Å². The van der Waals surface area contributed by atoms with Crippen molar-refractivity contribution in [2.75, 3.05) is 18.5 Å². The molecule has 0 aliphatic heterocycles. The number of fused-ring (bicyclic) bond motifs is 1. The molecule has 0 bridgehead atoms. The Labute approximate surface area is 201 Å². The maximum atomic E-state index is 14.5. The predicted octanol–water partition coefficient (Wildman–Crippen LogP) is 5.44. The van der Waals surface area contributed by atoms with E-state index < -0.39 is 36.0 Å². The minimum atomic E-state index is -4.42. The van der Waals surface area contributed by atoms with Gasteiger partial charge in [0.25, 0.3) is 0 Å². The number of anilines is 1. The minimum absolute atomic E-state index is 0.154. The highest BCUT2D eigenvalue weighted by atomic mass is 32.1. The van der Waals surface area contributed by atoms with Gasteiger partial charge in [0, 0.05) is 30.4 Å². The molecular weight excluding hydrogens is 487 g/mol. The lowest BCUT2D eigenvalue weighted by atomic mass is 10.0. The number of hydrogen-bond acceptors (Lipinski definition) is 6. The Morgan fingerprint density at radius 3 is 2.43 bits per heavy atom. The van der Waals surface area contributed by atoms with Crippen molar-refractivity contribution in [1.29, 1.82) is 0 Å². The SMILES string of the molecule is N[C@H](CNc1nc(C(F)(F)CO)c(-c2ccc3cnccc3c2)s1)Cc1ccc(C(F)(F)F)cc1. The van der Waals surface area contributed by atoms with Gasteiger partial charge < -0.3 is 16.2 Å². The second kappa shape index (κ2) is 9.84. The summed E-state index contributed by atoms with van der Waals surface area (Å²) in [5.41, 5.74) is 5.95. The molecule has 1 atom stereocenters. The number of nitrogens with zero attached hydrogens (tertiary/aromatic N) is 2. The van der Waals surface area contributed by atoms with Gasteiger partial charge in [0.1, 0.15) is 12.3 Å². The van der Waals surface area contributed by atoms with Gasteiger partial charge in [-0.3, -0.25) is 4.98 Å². The summed E-state index contributed by atoms with van der Waals surface area (Å²) in [6.45, 7) is -1.24. The third kappa shape index (κ3) is 5.75. The quantitative estimate of drug-likeness (QED) is 0.276. The molecule has 0 saturated heterocycles. The van der Waals surface area contributed by atoms with E-state index in [9.17, 15) is 27.1 Å². The third-order valence-corrected chi connectivity index (χ3v) is 6.43. The first-order chi connectivity index (χ1) is 16.6. The summed E-state index contributed by atoms with van der Waals surface area (Å²) >= 11 is 1.01. The van der Waals surface area contributed by atoms with Gasteiger partial charge in [-0.2, -0.15) is 22.0 Å². The van der Waals surface area contributed by atoms with Crippen molar-refractivity contribution in [1.82, 2.24) is 9.97 Å². The highest BCUT2D eigenvalue weighted by Gasteiger charge is 2.37. The van der Waals surface area contributed by atoms with Crippen LogP contribution in [0.4, 0.5) is 27.1 Å². The van der Waals surface area contributed by atoms with Crippen LogP contribution in [-0.4, -0.2) is 34.3 Å². The highest BCUT2D eigenvalue weighted by molar-refractivity contribution is 7.19. The molecule has 2 heterocycles. The van der Waals surface area contributed by atoms with Crippen molar-refractivity contribution >= 4 is 27.2 Å². The summed E-state index contributed by atoms with van der Waals surface area (Å²) in [5.74, 6) is -3.55. The van der Waals surface area contributed by atoms with E-state index in [2.05, 4.69) is 15.3 Å². The van der Waals surface area contributed by atoms with E-state index in [0.29, 0.717) is 11.1 Å². The number of nitrogens with one attached hydrogen (secondary N) is 1. The van der Waals surface area contributed by atoms with Gasteiger partial charge >= 0.3 is 12.1 Å². The number of aliphatic hydroxyl groups is 1. The topological polar surface area (TPSA) is 84.1 Å². The van der Waals surface area contributed by atoms with Crippen LogP contribution in [0.2, 0.25) is 0 Å². The van der Waals surface area contributed by atoms with Crippen LogP contribution >= 0.6 is 11.3 Å². The molecule has 184 valence electrons. The average Bonchev–Trinajstić information content (AvgIpc) is 3.28. The Hall–Kier alpha value is -3.15. The summed E-state index contributed by atoms with van der Waals surface area (Å²) in [4.78, 5) is 8.28. The molecule has 2 aromatic heterocycles. The fraction of sp³-hybridized carbons (Fsp3) is 0.250. The van der Waals surface area contributed by atoms with Crippen LogP contribution in [-0.2, 0) is 18.5 Å². The van der Waals surface area contributed by atoms with Crippen molar-refractivity contribution in [3.63, 3.8) is 0 Å².